The quantitative estimate of drug-likeness (QED) is 0.522. The smallest absolute Gasteiger partial charge is 0.321 e. The zero-order valence-corrected chi connectivity index (χ0v) is 18.7. The van der Waals surface area contributed by atoms with Crippen LogP contribution in [0.15, 0.2) is 77.7 Å². The van der Waals surface area contributed by atoms with Crippen molar-refractivity contribution < 1.29 is 18.0 Å². The minimum absolute atomic E-state index is 0.0379. The maximum Gasteiger partial charge on any atom is 0.321 e. The minimum atomic E-state index is -3.80. The van der Waals surface area contributed by atoms with Crippen molar-refractivity contribution in [3.8, 4) is 0 Å². The highest BCUT2D eigenvalue weighted by Gasteiger charge is 2.17. The summed E-state index contributed by atoms with van der Waals surface area (Å²) >= 11 is 0. The number of sulfonamides is 1. The molecule has 32 heavy (non-hydrogen) atoms. The zero-order valence-electron chi connectivity index (χ0n) is 17.9. The molecule has 9 heteroatoms. The van der Waals surface area contributed by atoms with Gasteiger partial charge in [0.2, 0.25) is 0 Å². The second-order valence-electron chi connectivity index (χ2n) is 7.27. The normalized spacial score (nSPS) is 10.8. The van der Waals surface area contributed by atoms with Gasteiger partial charge in [-0.15, -0.1) is 0 Å². The number of hydrogen-bond acceptors (Lipinski definition) is 4. The first kappa shape index (κ1) is 22.8. The fourth-order valence-corrected chi connectivity index (χ4v) is 3.93. The van der Waals surface area contributed by atoms with Crippen LogP contribution in [0.1, 0.15) is 15.9 Å². The number of nitrogens with one attached hydrogen (secondary N) is 3. The Morgan fingerprint density at radius 2 is 1.28 bits per heavy atom. The van der Waals surface area contributed by atoms with E-state index >= 15 is 0 Å². The summed E-state index contributed by atoms with van der Waals surface area (Å²) in [4.78, 5) is 26.0. The van der Waals surface area contributed by atoms with E-state index in [0.717, 1.165) is 5.56 Å². The maximum atomic E-state index is 12.7. The van der Waals surface area contributed by atoms with Crippen molar-refractivity contribution in [1.82, 2.24) is 4.90 Å². The summed E-state index contributed by atoms with van der Waals surface area (Å²) < 4.78 is 27.9. The van der Waals surface area contributed by atoms with E-state index in [9.17, 15) is 18.0 Å². The molecule has 3 aromatic rings. The molecule has 0 bridgehead atoms. The highest BCUT2D eigenvalue weighted by molar-refractivity contribution is 7.92. The predicted molar refractivity (Wildman–Crippen MR) is 126 cm³/mol. The first-order valence-corrected chi connectivity index (χ1v) is 11.2. The van der Waals surface area contributed by atoms with E-state index in [0.29, 0.717) is 17.1 Å². The molecule has 166 valence electrons. The molecule has 0 radical (unpaired) electrons. The van der Waals surface area contributed by atoms with E-state index in [1.807, 2.05) is 19.1 Å². The molecule has 0 aliphatic carbocycles. The lowest BCUT2D eigenvalue weighted by atomic mass is 10.2. The van der Waals surface area contributed by atoms with E-state index in [1.165, 1.54) is 29.2 Å². The van der Waals surface area contributed by atoms with Gasteiger partial charge in [0.15, 0.2) is 0 Å². The van der Waals surface area contributed by atoms with Crippen LogP contribution in [0.4, 0.5) is 21.9 Å². The second-order valence-corrected chi connectivity index (χ2v) is 8.95. The Labute approximate surface area is 187 Å². The van der Waals surface area contributed by atoms with Crippen LogP contribution in [0.5, 0.6) is 0 Å². The van der Waals surface area contributed by atoms with Crippen molar-refractivity contribution in [2.24, 2.45) is 0 Å². The number of nitrogens with zero attached hydrogens (tertiary/aromatic N) is 1. The lowest BCUT2D eigenvalue weighted by Crippen LogP contribution is -2.28. The van der Waals surface area contributed by atoms with Gasteiger partial charge in [0, 0.05) is 19.7 Å². The fraction of sp³-hybridized carbons (Fsp3) is 0.130. The summed E-state index contributed by atoms with van der Waals surface area (Å²) in [5.74, 6) is -0.438. The van der Waals surface area contributed by atoms with Crippen LogP contribution in [0.25, 0.3) is 0 Å². The monoisotopic (exact) mass is 452 g/mol. The molecule has 3 N–H and O–H groups in total. The third-order valence-electron chi connectivity index (χ3n) is 4.64. The molecule has 0 aliphatic rings. The number of urea groups is 1. The lowest BCUT2D eigenvalue weighted by molar-refractivity contribution is 0.102. The molecular formula is C23H24N4O4S. The van der Waals surface area contributed by atoms with E-state index in [2.05, 4.69) is 15.4 Å². The molecule has 0 heterocycles. The van der Waals surface area contributed by atoms with Gasteiger partial charge >= 0.3 is 6.03 Å². The second kappa shape index (κ2) is 9.52. The number of aryl methyl sites for hydroxylation is 1. The van der Waals surface area contributed by atoms with Crippen LogP contribution >= 0.6 is 0 Å². The van der Waals surface area contributed by atoms with E-state index in [-0.39, 0.29) is 16.5 Å². The van der Waals surface area contributed by atoms with Gasteiger partial charge in [0.1, 0.15) is 0 Å². The number of anilines is 3. The van der Waals surface area contributed by atoms with Crippen molar-refractivity contribution in [2.45, 2.75) is 11.8 Å². The lowest BCUT2D eigenvalue weighted by Gasteiger charge is -2.15. The van der Waals surface area contributed by atoms with Gasteiger partial charge in [-0.1, -0.05) is 30.3 Å². The van der Waals surface area contributed by atoms with E-state index in [4.69, 9.17) is 0 Å². The Hall–Kier alpha value is -3.85. The van der Waals surface area contributed by atoms with E-state index in [1.54, 1.807) is 50.5 Å². The van der Waals surface area contributed by atoms with Crippen LogP contribution < -0.4 is 15.4 Å². The number of carbonyl (C=O) groups is 2. The molecule has 0 atom stereocenters. The van der Waals surface area contributed by atoms with Crippen molar-refractivity contribution in [1.29, 1.82) is 0 Å². The third kappa shape index (κ3) is 5.44. The molecule has 3 amide bonds. The molecule has 0 spiro atoms. The molecule has 0 aliphatic heterocycles. The van der Waals surface area contributed by atoms with Crippen molar-refractivity contribution in [2.75, 3.05) is 29.5 Å². The first-order valence-electron chi connectivity index (χ1n) is 9.74. The summed E-state index contributed by atoms with van der Waals surface area (Å²) in [7, 11) is -0.577. The highest BCUT2D eigenvalue weighted by Crippen LogP contribution is 2.23. The number of rotatable bonds is 6. The molecule has 3 aromatic carbocycles. The number of hydrogen-bond donors (Lipinski definition) is 3. The maximum absolute atomic E-state index is 12.7. The number of carbonyl (C=O) groups excluding carboxylic acids is 2. The van der Waals surface area contributed by atoms with Gasteiger partial charge in [0.05, 0.1) is 22.0 Å². The Bertz CT molecular complexity index is 1240. The largest absolute Gasteiger partial charge is 0.331 e. The number of amides is 3. The van der Waals surface area contributed by atoms with Gasteiger partial charge in [-0.3, -0.25) is 9.52 Å². The van der Waals surface area contributed by atoms with Gasteiger partial charge in [0.25, 0.3) is 15.9 Å². The van der Waals surface area contributed by atoms with Gasteiger partial charge in [-0.2, -0.15) is 0 Å². The summed E-state index contributed by atoms with van der Waals surface area (Å²) in [5, 5.41) is 5.45. The Balaban J connectivity index is 1.75. The number of benzene rings is 3. The molecule has 0 saturated carbocycles. The molecular weight excluding hydrogens is 428 g/mol. The van der Waals surface area contributed by atoms with Crippen molar-refractivity contribution in [3.05, 3.63) is 83.9 Å². The Morgan fingerprint density at radius 3 is 1.84 bits per heavy atom. The van der Waals surface area contributed by atoms with Crippen LogP contribution in [0.3, 0.4) is 0 Å². The topological polar surface area (TPSA) is 108 Å². The summed E-state index contributed by atoms with van der Waals surface area (Å²) in [6, 6.07) is 19.1. The summed E-state index contributed by atoms with van der Waals surface area (Å²) in [5.41, 5.74) is 2.43. The standard InChI is InChI=1S/C23H24N4O4S/c1-16-8-4-5-9-19(16)26-32(30,31)18-14-12-17(13-15-18)22(28)24-20-10-6-7-11-21(20)25-23(29)27(2)3/h4-15,26H,1-3H3,(H,24,28)(H,25,29). The summed E-state index contributed by atoms with van der Waals surface area (Å²) in [6.07, 6.45) is 0. The van der Waals surface area contributed by atoms with Crippen molar-refractivity contribution >= 4 is 39.0 Å². The van der Waals surface area contributed by atoms with Gasteiger partial charge in [-0.25, -0.2) is 13.2 Å². The SMILES string of the molecule is Cc1ccccc1NS(=O)(=O)c1ccc(C(=O)Nc2ccccc2NC(=O)N(C)C)cc1. The van der Waals surface area contributed by atoms with Crippen LogP contribution in [-0.4, -0.2) is 39.4 Å². The Kier molecular flexibility index (Phi) is 6.79. The zero-order chi connectivity index (χ0) is 23.3. The molecule has 0 unspecified atom stereocenters. The van der Waals surface area contributed by atoms with Gasteiger partial charge in [-0.05, 0) is 55.0 Å². The van der Waals surface area contributed by atoms with Crippen LogP contribution in [-0.2, 0) is 10.0 Å². The molecule has 0 saturated heterocycles. The number of para-hydroxylation sites is 3. The average molecular weight is 453 g/mol. The average Bonchev–Trinajstić information content (AvgIpc) is 2.76. The fourth-order valence-electron chi connectivity index (χ4n) is 2.80. The molecule has 0 aromatic heterocycles. The summed E-state index contributed by atoms with van der Waals surface area (Å²) in [6.45, 7) is 1.81. The van der Waals surface area contributed by atoms with E-state index < -0.39 is 15.9 Å². The van der Waals surface area contributed by atoms with Crippen LogP contribution in [0.2, 0.25) is 0 Å². The molecule has 3 rings (SSSR count). The Morgan fingerprint density at radius 1 is 0.750 bits per heavy atom. The highest BCUT2D eigenvalue weighted by atomic mass is 32.2. The minimum Gasteiger partial charge on any atom is -0.331 e. The van der Waals surface area contributed by atoms with Gasteiger partial charge < -0.3 is 15.5 Å². The third-order valence-corrected chi connectivity index (χ3v) is 6.02. The first-order chi connectivity index (χ1) is 15.2. The predicted octanol–water partition coefficient (Wildman–Crippen LogP) is 4.14. The van der Waals surface area contributed by atoms with Crippen LogP contribution in [0, 0.1) is 6.92 Å². The van der Waals surface area contributed by atoms with Crippen molar-refractivity contribution in [3.63, 3.8) is 0 Å². The molecule has 8 nitrogen and oxygen atoms in total. The molecule has 0 fully saturated rings.